The second-order valence-electron chi connectivity index (χ2n) is 5.12. The van der Waals surface area contributed by atoms with Crippen LogP contribution in [-0.4, -0.2) is 31.3 Å². The van der Waals surface area contributed by atoms with Gasteiger partial charge < -0.3 is 9.47 Å². The molecule has 0 atom stereocenters. The second-order valence-corrected chi connectivity index (χ2v) is 5.12. The predicted octanol–water partition coefficient (Wildman–Crippen LogP) is 4.17. The maximum Gasteiger partial charge on any atom is 0.422 e. The van der Waals surface area contributed by atoms with Crippen LogP contribution in [0.15, 0.2) is 0 Å². The lowest BCUT2D eigenvalue weighted by atomic mass is 10.1. The molecule has 22 heavy (non-hydrogen) atoms. The number of rotatable bonds is 12. The van der Waals surface area contributed by atoms with E-state index in [0.717, 1.165) is 19.3 Å². The molecule has 0 aromatic carbocycles. The van der Waals surface area contributed by atoms with Gasteiger partial charge in [0.15, 0.2) is 6.61 Å². The molecule has 0 aliphatic rings. The van der Waals surface area contributed by atoms with Crippen LogP contribution in [0.4, 0.5) is 13.2 Å². The number of hydrogen-bond acceptors (Lipinski definition) is 4. The van der Waals surface area contributed by atoms with Gasteiger partial charge in [0.1, 0.15) is 0 Å². The first-order valence-electron chi connectivity index (χ1n) is 7.73. The average Bonchev–Trinajstić information content (AvgIpc) is 2.43. The van der Waals surface area contributed by atoms with E-state index < -0.39 is 24.7 Å². The summed E-state index contributed by atoms with van der Waals surface area (Å²) in [4.78, 5) is 22.3. The smallest absolute Gasteiger partial charge is 0.422 e. The van der Waals surface area contributed by atoms with Gasteiger partial charge in [-0.1, -0.05) is 39.0 Å². The van der Waals surface area contributed by atoms with E-state index in [1.807, 2.05) is 0 Å². The molecule has 0 spiro atoms. The van der Waals surface area contributed by atoms with Gasteiger partial charge in [0.25, 0.3) is 0 Å². The summed E-state index contributed by atoms with van der Waals surface area (Å²) >= 11 is 0. The van der Waals surface area contributed by atoms with Crippen LogP contribution in [0.1, 0.15) is 64.7 Å². The molecule has 0 amide bonds. The molecule has 0 aliphatic carbocycles. The highest BCUT2D eigenvalue weighted by Gasteiger charge is 2.29. The quantitative estimate of drug-likeness (QED) is 0.399. The molecule has 7 heteroatoms. The van der Waals surface area contributed by atoms with E-state index in [4.69, 9.17) is 4.74 Å². The van der Waals surface area contributed by atoms with Crippen molar-refractivity contribution in [1.29, 1.82) is 0 Å². The van der Waals surface area contributed by atoms with Gasteiger partial charge in [-0.3, -0.25) is 9.59 Å². The van der Waals surface area contributed by atoms with Gasteiger partial charge in [0, 0.05) is 12.8 Å². The highest BCUT2D eigenvalue weighted by Crippen LogP contribution is 2.15. The van der Waals surface area contributed by atoms with Gasteiger partial charge in [-0.15, -0.1) is 0 Å². The van der Waals surface area contributed by atoms with Crippen LogP contribution in [0.25, 0.3) is 0 Å². The third-order valence-corrected chi connectivity index (χ3v) is 2.92. The zero-order valence-corrected chi connectivity index (χ0v) is 13.0. The zero-order valence-electron chi connectivity index (χ0n) is 13.0. The fraction of sp³-hybridized carbons (Fsp3) is 0.867. The van der Waals surface area contributed by atoms with E-state index in [2.05, 4.69) is 11.7 Å². The molecule has 0 saturated carbocycles. The zero-order chi connectivity index (χ0) is 16.8. The maximum absolute atomic E-state index is 11.8. The summed E-state index contributed by atoms with van der Waals surface area (Å²) in [6.45, 7) is 0.901. The van der Waals surface area contributed by atoms with Crippen LogP contribution in [0.3, 0.4) is 0 Å². The molecule has 0 fully saturated rings. The summed E-state index contributed by atoms with van der Waals surface area (Å²) in [6, 6.07) is 0. The largest absolute Gasteiger partial charge is 0.466 e. The molecule has 0 radical (unpaired) electrons. The topological polar surface area (TPSA) is 52.6 Å². The molecule has 0 aromatic rings. The van der Waals surface area contributed by atoms with Crippen molar-refractivity contribution in [3.05, 3.63) is 0 Å². The van der Waals surface area contributed by atoms with E-state index >= 15 is 0 Å². The summed E-state index contributed by atoms with van der Waals surface area (Å²) < 4.78 is 44.3. The summed E-state index contributed by atoms with van der Waals surface area (Å²) in [7, 11) is 0. The Morgan fingerprint density at radius 2 is 1.36 bits per heavy atom. The Bertz CT molecular complexity index is 316. The van der Waals surface area contributed by atoms with Crippen molar-refractivity contribution in [3.63, 3.8) is 0 Å². The van der Waals surface area contributed by atoms with Crippen molar-refractivity contribution in [3.8, 4) is 0 Å². The number of esters is 2. The van der Waals surface area contributed by atoms with Crippen molar-refractivity contribution >= 4 is 11.9 Å². The molecule has 4 nitrogen and oxygen atoms in total. The SMILES string of the molecule is CCCCCCCCOC(=O)CCCC(=O)OCC(F)(F)F. The number of hydrogen-bond donors (Lipinski definition) is 0. The highest BCUT2D eigenvalue weighted by atomic mass is 19.4. The van der Waals surface area contributed by atoms with Crippen LogP contribution in [0.2, 0.25) is 0 Å². The normalized spacial score (nSPS) is 11.3. The average molecular weight is 326 g/mol. The van der Waals surface area contributed by atoms with Crippen LogP contribution in [0.5, 0.6) is 0 Å². The van der Waals surface area contributed by atoms with E-state index in [0.29, 0.717) is 6.61 Å². The highest BCUT2D eigenvalue weighted by molar-refractivity contribution is 5.72. The van der Waals surface area contributed by atoms with Gasteiger partial charge in [0.05, 0.1) is 6.61 Å². The fourth-order valence-electron chi connectivity index (χ4n) is 1.75. The number of alkyl halides is 3. The van der Waals surface area contributed by atoms with Crippen molar-refractivity contribution in [2.75, 3.05) is 13.2 Å². The molecule has 0 rings (SSSR count). The molecule has 0 saturated heterocycles. The molecule has 0 aliphatic heterocycles. The number of carbonyl (C=O) groups is 2. The first kappa shape index (κ1) is 20.7. The summed E-state index contributed by atoms with van der Waals surface area (Å²) in [6.07, 6.45) is 1.92. The number of unbranched alkanes of at least 4 members (excludes halogenated alkanes) is 5. The van der Waals surface area contributed by atoms with Crippen molar-refractivity contribution < 1.29 is 32.2 Å². The Labute approximate surface area is 129 Å². The van der Waals surface area contributed by atoms with Gasteiger partial charge in [-0.05, 0) is 12.8 Å². The first-order valence-corrected chi connectivity index (χ1v) is 7.73. The standard InChI is InChI=1S/C15H25F3O4/c1-2-3-4-5-6-7-11-21-13(19)9-8-10-14(20)22-12-15(16,17)18/h2-12H2,1H3. The monoisotopic (exact) mass is 326 g/mol. The van der Waals surface area contributed by atoms with Crippen molar-refractivity contribution in [2.45, 2.75) is 70.9 Å². The van der Waals surface area contributed by atoms with Gasteiger partial charge >= 0.3 is 18.1 Å². The second kappa shape index (κ2) is 12.3. The summed E-state index contributed by atoms with van der Waals surface area (Å²) in [5.74, 6) is -1.39. The first-order chi connectivity index (χ1) is 10.3. The van der Waals surface area contributed by atoms with Crippen molar-refractivity contribution in [2.24, 2.45) is 0 Å². The Morgan fingerprint density at radius 3 is 1.95 bits per heavy atom. The molecule has 0 N–H and O–H groups in total. The molecule has 0 heterocycles. The minimum absolute atomic E-state index is 0.0109. The third kappa shape index (κ3) is 15.1. The minimum Gasteiger partial charge on any atom is -0.466 e. The van der Waals surface area contributed by atoms with E-state index in [9.17, 15) is 22.8 Å². The molecule has 130 valence electrons. The van der Waals surface area contributed by atoms with Crippen LogP contribution < -0.4 is 0 Å². The third-order valence-electron chi connectivity index (χ3n) is 2.92. The Balaban J connectivity index is 3.44. The molecule has 0 aromatic heterocycles. The summed E-state index contributed by atoms with van der Waals surface area (Å²) in [5, 5.41) is 0. The van der Waals surface area contributed by atoms with Crippen LogP contribution in [-0.2, 0) is 19.1 Å². The Morgan fingerprint density at radius 1 is 0.818 bits per heavy atom. The Hall–Kier alpha value is -1.27. The molecular weight excluding hydrogens is 301 g/mol. The van der Waals surface area contributed by atoms with E-state index in [1.165, 1.54) is 19.3 Å². The number of carbonyl (C=O) groups excluding carboxylic acids is 2. The minimum atomic E-state index is -4.52. The van der Waals surface area contributed by atoms with Crippen molar-refractivity contribution in [1.82, 2.24) is 0 Å². The van der Waals surface area contributed by atoms with Gasteiger partial charge in [0.2, 0.25) is 0 Å². The lowest BCUT2D eigenvalue weighted by Gasteiger charge is -2.07. The molecule has 0 unspecified atom stereocenters. The molecular formula is C15H25F3O4. The predicted molar refractivity (Wildman–Crippen MR) is 75.2 cm³/mol. The van der Waals surface area contributed by atoms with E-state index in [-0.39, 0.29) is 19.3 Å². The van der Waals surface area contributed by atoms with Crippen LogP contribution >= 0.6 is 0 Å². The number of halogens is 3. The van der Waals surface area contributed by atoms with E-state index in [1.54, 1.807) is 0 Å². The van der Waals surface area contributed by atoms with Gasteiger partial charge in [-0.2, -0.15) is 13.2 Å². The fourth-order valence-corrected chi connectivity index (χ4v) is 1.75. The molecule has 0 bridgehead atoms. The van der Waals surface area contributed by atoms with Crippen LogP contribution in [0, 0.1) is 0 Å². The lowest BCUT2D eigenvalue weighted by Crippen LogP contribution is -2.20. The maximum atomic E-state index is 11.8. The van der Waals surface area contributed by atoms with Gasteiger partial charge in [-0.25, -0.2) is 0 Å². The number of ether oxygens (including phenoxy) is 2. The Kier molecular flexibility index (Phi) is 11.6. The summed E-state index contributed by atoms with van der Waals surface area (Å²) in [5.41, 5.74) is 0. The lowest BCUT2D eigenvalue weighted by molar-refractivity contribution is -0.186.